The van der Waals surface area contributed by atoms with Crippen molar-refractivity contribution in [2.24, 2.45) is 7.05 Å². The Bertz CT molecular complexity index is 1170. The number of rotatable bonds is 3. The van der Waals surface area contributed by atoms with Gasteiger partial charge >= 0.3 is 0 Å². The van der Waals surface area contributed by atoms with E-state index in [1.54, 1.807) is 53.6 Å². The van der Waals surface area contributed by atoms with Crippen molar-refractivity contribution in [1.29, 1.82) is 0 Å². The van der Waals surface area contributed by atoms with Gasteiger partial charge in [0.1, 0.15) is 0 Å². The molecule has 0 atom stereocenters. The molecular formula is C18H16N4O2S. The summed E-state index contributed by atoms with van der Waals surface area (Å²) in [6.07, 6.45) is 6.95. The molecule has 25 heavy (non-hydrogen) atoms. The first-order chi connectivity index (χ1) is 12.0. The lowest BCUT2D eigenvalue weighted by atomic mass is 10.1. The smallest absolute Gasteiger partial charge is 0.269 e. The lowest BCUT2D eigenvalue weighted by Crippen LogP contribution is -2.12. The number of aryl methyl sites for hydroxylation is 2. The highest BCUT2D eigenvalue weighted by Gasteiger charge is 2.21. The van der Waals surface area contributed by atoms with Gasteiger partial charge in [0.2, 0.25) is 0 Å². The Kier molecular flexibility index (Phi) is 3.47. The molecular weight excluding hydrogens is 336 g/mol. The van der Waals surface area contributed by atoms with Crippen molar-refractivity contribution in [1.82, 2.24) is 18.7 Å². The predicted molar refractivity (Wildman–Crippen MR) is 95.7 cm³/mol. The van der Waals surface area contributed by atoms with E-state index in [0.717, 1.165) is 22.1 Å². The summed E-state index contributed by atoms with van der Waals surface area (Å²) in [5, 5.41) is 4.97. The molecule has 1 aromatic carbocycles. The maximum Gasteiger partial charge on any atom is 0.269 e. The van der Waals surface area contributed by atoms with Gasteiger partial charge in [0, 0.05) is 42.2 Å². The van der Waals surface area contributed by atoms with Crippen LogP contribution in [0.3, 0.4) is 0 Å². The summed E-state index contributed by atoms with van der Waals surface area (Å²) in [7, 11) is -1.83. The van der Waals surface area contributed by atoms with E-state index in [4.69, 9.17) is 0 Å². The average molecular weight is 352 g/mol. The van der Waals surface area contributed by atoms with E-state index in [1.165, 1.54) is 3.97 Å². The van der Waals surface area contributed by atoms with Crippen LogP contribution in [0.5, 0.6) is 0 Å². The van der Waals surface area contributed by atoms with Gasteiger partial charge in [0.25, 0.3) is 10.0 Å². The molecule has 3 heterocycles. The van der Waals surface area contributed by atoms with Gasteiger partial charge in [-0.3, -0.25) is 4.68 Å². The molecule has 0 saturated heterocycles. The molecule has 0 radical (unpaired) electrons. The molecule has 0 N–H and O–H groups in total. The third-order valence-electron chi connectivity index (χ3n) is 4.15. The minimum absolute atomic E-state index is 0.241. The largest absolute Gasteiger partial charge is 0.275 e. The number of benzene rings is 1. The molecule has 0 amide bonds. The molecule has 0 aliphatic heterocycles. The Labute approximate surface area is 145 Å². The normalized spacial score (nSPS) is 11.9. The lowest BCUT2D eigenvalue weighted by molar-refractivity contribution is 0.588. The summed E-state index contributed by atoms with van der Waals surface area (Å²) in [4.78, 5) is 4.67. The summed E-state index contributed by atoms with van der Waals surface area (Å²) < 4.78 is 28.8. The monoisotopic (exact) mass is 352 g/mol. The van der Waals surface area contributed by atoms with E-state index in [2.05, 4.69) is 10.1 Å². The standard InChI is InChI=1S/C18H16N4O2S/c1-13-11-22(25(23,24)16-6-4-3-5-7-16)18-17(13)8-14(9-19-18)15-10-20-21(2)12-15/h3-12H,1-2H3. The van der Waals surface area contributed by atoms with Gasteiger partial charge in [-0.2, -0.15) is 5.10 Å². The van der Waals surface area contributed by atoms with Crippen LogP contribution in [0.2, 0.25) is 0 Å². The van der Waals surface area contributed by atoms with Gasteiger partial charge in [0.05, 0.1) is 11.1 Å². The highest BCUT2D eigenvalue weighted by molar-refractivity contribution is 7.90. The molecule has 0 spiro atoms. The zero-order chi connectivity index (χ0) is 17.6. The van der Waals surface area contributed by atoms with Gasteiger partial charge in [-0.1, -0.05) is 18.2 Å². The zero-order valence-corrected chi connectivity index (χ0v) is 14.6. The molecule has 0 bridgehead atoms. The van der Waals surface area contributed by atoms with Crippen LogP contribution in [0.4, 0.5) is 0 Å². The van der Waals surface area contributed by atoms with E-state index in [1.807, 2.05) is 26.2 Å². The Balaban J connectivity index is 1.90. The first kappa shape index (κ1) is 15.6. The molecule has 0 unspecified atom stereocenters. The predicted octanol–water partition coefficient (Wildman–Crippen LogP) is 2.98. The van der Waals surface area contributed by atoms with Crippen molar-refractivity contribution in [2.75, 3.05) is 0 Å². The van der Waals surface area contributed by atoms with Gasteiger partial charge in [-0.05, 0) is 30.7 Å². The summed E-state index contributed by atoms with van der Waals surface area (Å²) in [6, 6.07) is 10.3. The van der Waals surface area contributed by atoms with Crippen LogP contribution in [-0.4, -0.2) is 27.2 Å². The minimum Gasteiger partial charge on any atom is -0.275 e. The van der Waals surface area contributed by atoms with Crippen molar-refractivity contribution in [2.45, 2.75) is 11.8 Å². The SMILES string of the molecule is Cc1cn(S(=O)(=O)c2ccccc2)c2ncc(-c3cnn(C)c3)cc12. The molecule has 0 aliphatic rings. The van der Waals surface area contributed by atoms with Crippen molar-refractivity contribution < 1.29 is 8.42 Å². The van der Waals surface area contributed by atoms with Gasteiger partial charge in [0.15, 0.2) is 5.65 Å². The highest BCUT2D eigenvalue weighted by Crippen LogP contribution is 2.28. The van der Waals surface area contributed by atoms with Crippen molar-refractivity contribution in [3.05, 3.63) is 66.7 Å². The second-order valence-electron chi connectivity index (χ2n) is 5.92. The van der Waals surface area contributed by atoms with Gasteiger partial charge < -0.3 is 0 Å². The Hall–Kier alpha value is -2.93. The summed E-state index contributed by atoms with van der Waals surface area (Å²) >= 11 is 0. The molecule has 0 saturated carbocycles. The quantitative estimate of drug-likeness (QED) is 0.568. The first-order valence-corrected chi connectivity index (χ1v) is 9.18. The molecule has 4 aromatic rings. The highest BCUT2D eigenvalue weighted by atomic mass is 32.2. The van der Waals surface area contributed by atoms with Crippen LogP contribution in [0, 0.1) is 6.92 Å². The molecule has 0 aliphatic carbocycles. The first-order valence-electron chi connectivity index (χ1n) is 7.74. The zero-order valence-electron chi connectivity index (χ0n) is 13.8. The number of fused-ring (bicyclic) bond motifs is 1. The third kappa shape index (κ3) is 2.53. The molecule has 0 fully saturated rings. The van der Waals surface area contributed by atoms with Crippen LogP contribution in [0.1, 0.15) is 5.56 Å². The number of pyridine rings is 1. The van der Waals surface area contributed by atoms with Crippen LogP contribution < -0.4 is 0 Å². The van der Waals surface area contributed by atoms with E-state index < -0.39 is 10.0 Å². The van der Waals surface area contributed by atoms with Crippen LogP contribution in [-0.2, 0) is 17.1 Å². The molecule has 6 nitrogen and oxygen atoms in total. The number of nitrogens with zero attached hydrogens (tertiary/aromatic N) is 4. The maximum atomic E-state index is 12.9. The van der Waals surface area contributed by atoms with E-state index in [0.29, 0.717) is 5.65 Å². The molecule has 3 aromatic heterocycles. The van der Waals surface area contributed by atoms with Gasteiger partial charge in [-0.15, -0.1) is 0 Å². The van der Waals surface area contributed by atoms with Crippen molar-refractivity contribution in [3.8, 4) is 11.1 Å². The summed E-state index contributed by atoms with van der Waals surface area (Å²) in [5.74, 6) is 0. The van der Waals surface area contributed by atoms with E-state index >= 15 is 0 Å². The van der Waals surface area contributed by atoms with E-state index in [-0.39, 0.29) is 4.90 Å². The second-order valence-corrected chi connectivity index (χ2v) is 7.74. The van der Waals surface area contributed by atoms with Crippen LogP contribution in [0.15, 0.2) is 66.1 Å². The number of aromatic nitrogens is 4. The molecule has 7 heteroatoms. The third-order valence-corrected chi connectivity index (χ3v) is 5.81. The van der Waals surface area contributed by atoms with E-state index in [9.17, 15) is 8.42 Å². The van der Waals surface area contributed by atoms with Crippen molar-refractivity contribution in [3.63, 3.8) is 0 Å². The fraction of sp³-hybridized carbons (Fsp3) is 0.111. The molecule has 4 rings (SSSR count). The van der Waals surface area contributed by atoms with Gasteiger partial charge in [-0.25, -0.2) is 17.4 Å². The summed E-state index contributed by atoms with van der Waals surface area (Å²) in [6.45, 7) is 1.88. The Morgan fingerprint density at radius 2 is 1.76 bits per heavy atom. The fourth-order valence-electron chi connectivity index (χ4n) is 2.85. The van der Waals surface area contributed by atoms with Crippen molar-refractivity contribution >= 4 is 21.1 Å². The molecule has 126 valence electrons. The van der Waals surface area contributed by atoms with Crippen LogP contribution >= 0.6 is 0 Å². The maximum absolute atomic E-state index is 12.9. The topological polar surface area (TPSA) is 69.8 Å². The summed E-state index contributed by atoms with van der Waals surface area (Å²) in [5.41, 5.74) is 3.12. The second kappa shape index (κ2) is 5.56. The Morgan fingerprint density at radius 1 is 1.00 bits per heavy atom. The average Bonchev–Trinajstić information content (AvgIpc) is 3.20. The Morgan fingerprint density at radius 3 is 2.44 bits per heavy atom. The number of hydrogen-bond acceptors (Lipinski definition) is 4. The van der Waals surface area contributed by atoms with Crippen LogP contribution in [0.25, 0.3) is 22.2 Å². The minimum atomic E-state index is -3.68. The fourth-order valence-corrected chi connectivity index (χ4v) is 4.25. The number of hydrogen-bond donors (Lipinski definition) is 0. The lowest BCUT2D eigenvalue weighted by Gasteiger charge is -2.07.